The quantitative estimate of drug-likeness (QED) is 0.924. The fraction of sp³-hybridized carbons (Fsp3) is 0.706. The summed E-state index contributed by atoms with van der Waals surface area (Å²) in [5.41, 5.74) is 1.29. The van der Waals surface area contributed by atoms with E-state index in [1.165, 1.54) is 44.7 Å². The van der Waals surface area contributed by atoms with Gasteiger partial charge in [-0.3, -0.25) is 9.88 Å². The third-order valence-electron chi connectivity index (χ3n) is 5.14. The molecule has 2 aliphatic rings. The molecule has 1 saturated carbocycles. The van der Waals surface area contributed by atoms with Gasteiger partial charge >= 0.3 is 0 Å². The molecule has 1 aliphatic heterocycles. The van der Waals surface area contributed by atoms with Crippen molar-refractivity contribution < 1.29 is 4.39 Å². The van der Waals surface area contributed by atoms with E-state index in [0.29, 0.717) is 6.04 Å². The van der Waals surface area contributed by atoms with Gasteiger partial charge in [0, 0.05) is 37.4 Å². The lowest BCUT2D eigenvalue weighted by Crippen LogP contribution is -2.63. The highest BCUT2D eigenvalue weighted by Gasteiger charge is 2.43. The van der Waals surface area contributed by atoms with Crippen molar-refractivity contribution in [1.29, 1.82) is 0 Å². The van der Waals surface area contributed by atoms with Crippen molar-refractivity contribution in [3.8, 4) is 0 Å². The summed E-state index contributed by atoms with van der Waals surface area (Å²) in [5, 5.41) is 3.75. The van der Waals surface area contributed by atoms with Crippen LogP contribution in [0.3, 0.4) is 0 Å². The van der Waals surface area contributed by atoms with Gasteiger partial charge in [0.25, 0.3) is 0 Å². The third-order valence-corrected chi connectivity index (χ3v) is 5.14. The van der Waals surface area contributed by atoms with Crippen molar-refractivity contribution in [1.82, 2.24) is 15.2 Å². The first-order valence-corrected chi connectivity index (χ1v) is 8.30. The number of aromatic nitrogens is 1. The average molecular weight is 291 g/mol. The largest absolute Gasteiger partial charge is 0.311 e. The van der Waals surface area contributed by atoms with Gasteiger partial charge in [-0.2, -0.15) is 0 Å². The molecule has 1 aliphatic carbocycles. The summed E-state index contributed by atoms with van der Waals surface area (Å²) >= 11 is 0. The minimum Gasteiger partial charge on any atom is -0.311 e. The zero-order valence-corrected chi connectivity index (χ0v) is 12.9. The van der Waals surface area contributed by atoms with Crippen molar-refractivity contribution in [2.45, 2.75) is 63.6 Å². The highest BCUT2D eigenvalue weighted by atomic mass is 19.1. The van der Waals surface area contributed by atoms with E-state index in [1.807, 2.05) is 6.20 Å². The Hall–Kier alpha value is -1.00. The van der Waals surface area contributed by atoms with Gasteiger partial charge in [0.05, 0.1) is 6.20 Å². The SMILES string of the molecule is CCCC1CN(Cc2cncc(F)c2)C2(CCCC2)CN1. The van der Waals surface area contributed by atoms with Crippen LogP contribution in [-0.4, -0.2) is 34.6 Å². The van der Waals surface area contributed by atoms with Gasteiger partial charge in [-0.05, 0) is 30.9 Å². The summed E-state index contributed by atoms with van der Waals surface area (Å²) in [4.78, 5) is 6.61. The first-order chi connectivity index (χ1) is 10.2. The van der Waals surface area contributed by atoms with Gasteiger partial charge < -0.3 is 5.32 Å². The number of nitrogens with zero attached hydrogens (tertiary/aromatic N) is 2. The molecule has 1 aromatic heterocycles. The van der Waals surface area contributed by atoms with Gasteiger partial charge in [-0.1, -0.05) is 26.2 Å². The molecule has 1 saturated heterocycles. The third kappa shape index (κ3) is 3.27. The van der Waals surface area contributed by atoms with E-state index in [-0.39, 0.29) is 11.4 Å². The Balaban J connectivity index is 1.76. The summed E-state index contributed by atoms with van der Waals surface area (Å²) in [7, 11) is 0. The van der Waals surface area contributed by atoms with E-state index in [4.69, 9.17) is 0 Å². The lowest BCUT2D eigenvalue weighted by atomic mass is 9.89. The number of rotatable bonds is 4. The van der Waals surface area contributed by atoms with Gasteiger partial charge in [0.2, 0.25) is 0 Å². The van der Waals surface area contributed by atoms with Crippen LogP contribution in [0.25, 0.3) is 0 Å². The van der Waals surface area contributed by atoms with Crippen molar-refractivity contribution >= 4 is 0 Å². The molecule has 3 nitrogen and oxygen atoms in total. The predicted octanol–water partition coefficient (Wildman–Crippen LogP) is 3.11. The maximum absolute atomic E-state index is 13.4. The Morgan fingerprint density at radius 2 is 2.19 bits per heavy atom. The molecule has 0 bridgehead atoms. The van der Waals surface area contributed by atoms with E-state index in [1.54, 1.807) is 6.07 Å². The second-order valence-electron chi connectivity index (χ2n) is 6.69. The summed E-state index contributed by atoms with van der Waals surface area (Å²) in [5.74, 6) is -0.229. The summed E-state index contributed by atoms with van der Waals surface area (Å²) in [6.07, 6.45) is 10.7. The molecular formula is C17H26FN3. The lowest BCUT2D eigenvalue weighted by Gasteiger charge is -2.48. The summed E-state index contributed by atoms with van der Waals surface area (Å²) < 4.78 is 13.4. The molecule has 1 spiro atoms. The molecule has 1 aromatic rings. The van der Waals surface area contributed by atoms with E-state index < -0.39 is 0 Å². The molecule has 0 amide bonds. The number of hydrogen-bond acceptors (Lipinski definition) is 3. The Labute approximate surface area is 126 Å². The summed E-state index contributed by atoms with van der Waals surface area (Å²) in [6, 6.07) is 2.20. The minimum absolute atomic E-state index is 0.229. The van der Waals surface area contributed by atoms with Gasteiger partial charge in [0.15, 0.2) is 0 Å². The Kier molecular flexibility index (Phi) is 4.55. The molecule has 2 heterocycles. The van der Waals surface area contributed by atoms with Crippen LogP contribution in [-0.2, 0) is 6.54 Å². The van der Waals surface area contributed by atoms with Gasteiger partial charge in [0.1, 0.15) is 5.82 Å². The minimum atomic E-state index is -0.229. The van der Waals surface area contributed by atoms with Crippen molar-refractivity contribution in [3.63, 3.8) is 0 Å². The van der Waals surface area contributed by atoms with Crippen LogP contribution in [0.4, 0.5) is 4.39 Å². The lowest BCUT2D eigenvalue weighted by molar-refractivity contribution is 0.0336. The summed E-state index contributed by atoms with van der Waals surface area (Å²) in [6.45, 7) is 5.22. The van der Waals surface area contributed by atoms with Crippen molar-refractivity contribution in [2.75, 3.05) is 13.1 Å². The Morgan fingerprint density at radius 3 is 2.90 bits per heavy atom. The average Bonchev–Trinajstić information content (AvgIpc) is 2.93. The molecule has 1 N–H and O–H groups in total. The van der Waals surface area contributed by atoms with Crippen LogP contribution in [0.2, 0.25) is 0 Å². The number of halogens is 1. The number of piperazine rings is 1. The molecule has 116 valence electrons. The first kappa shape index (κ1) is 14.9. The fourth-order valence-corrected chi connectivity index (χ4v) is 4.03. The van der Waals surface area contributed by atoms with E-state index >= 15 is 0 Å². The zero-order valence-electron chi connectivity index (χ0n) is 12.9. The molecule has 3 rings (SSSR count). The number of pyridine rings is 1. The standard InChI is InChI=1S/C17H26FN3/c1-2-5-16-12-21(11-14-8-15(18)10-19-9-14)17(13-20-16)6-3-4-7-17/h8-10,16,20H,2-7,11-13H2,1H3. The molecule has 21 heavy (non-hydrogen) atoms. The van der Waals surface area contributed by atoms with Crippen molar-refractivity contribution in [2.24, 2.45) is 0 Å². The monoisotopic (exact) mass is 291 g/mol. The maximum Gasteiger partial charge on any atom is 0.141 e. The van der Waals surface area contributed by atoms with Crippen LogP contribution in [0.1, 0.15) is 51.0 Å². The molecule has 0 aromatic carbocycles. The highest BCUT2D eigenvalue weighted by Crippen LogP contribution is 2.38. The molecule has 4 heteroatoms. The highest BCUT2D eigenvalue weighted by molar-refractivity contribution is 5.12. The number of hydrogen-bond donors (Lipinski definition) is 1. The van der Waals surface area contributed by atoms with Gasteiger partial charge in [-0.15, -0.1) is 0 Å². The molecule has 1 unspecified atom stereocenters. The normalized spacial score (nSPS) is 25.5. The Morgan fingerprint density at radius 1 is 1.38 bits per heavy atom. The maximum atomic E-state index is 13.4. The fourth-order valence-electron chi connectivity index (χ4n) is 4.03. The van der Waals surface area contributed by atoms with E-state index in [9.17, 15) is 4.39 Å². The predicted molar refractivity (Wildman–Crippen MR) is 82.5 cm³/mol. The smallest absolute Gasteiger partial charge is 0.141 e. The second kappa shape index (κ2) is 6.41. The molecule has 2 fully saturated rings. The second-order valence-corrected chi connectivity index (χ2v) is 6.69. The Bertz CT molecular complexity index is 471. The van der Waals surface area contributed by atoms with Crippen LogP contribution < -0.4 is 5.32 Å². The van der Waals surface area contributed by atoms with E-state index in [2.05, 4.69) is 22.1 Å². The van der Waals surface area contributed by atoms with Crippen LogP contribution in [0.5, 0.6) is 0 Å². The number of nitrogens with one attached hydrogen (secondary N) is 1. The van der Waals surface area contributed by atoms with E-state index in [0.717, 1.165) is 25.2 Å². The van der Waals surface area contributed by atoms with Crippen molar-refractivity contribution in [3.05, 3.63) is 29.8 Å². The van der Waals surface area contributed by atoms with Gasteiger partial charge in [-0.25, -0.2) is 4.39 Å². The molecule has 0 radical (unpaired) electrons. The topological polar surface area (TPSA) is 28.2 Å². The molecule has 1 atom stereocenters. The van der Waals surface area contributed by atoms with Crippen LogP contribution in [0.15, 0.2) is 18.5 Å². The van der Waals surface area contributed by atoms with Crippen LogP contribution in [0, 0.1) is 5.82 Å². The first-order valence-electron chi connectivity index (χ1n) is 8.30. The van der Waals surface area contributed by atoms with Crippen LogP contribution >= 0.6 is 0 Å². The zero-order chi connectivity index (χ0) is 14.7. The molecular weight excluding hydrogens is 265 g/mol.